The van der Waals surface area contributed by atoms with Gasteiger partial charge in [0.15, 0.2) is 11.6 Å². The van der Waals surface area contributed by atoms with Gasteiger partial charge in [0.1, 0.15) is 11.4 Å². The number of carbonyl (C=O) groups excluding carboxylic acids is 1. The quantitative estimate of drug-likeness (QED) is 0.195. The average Bonchev–Trinajstić information content (AvgIpc) is 3.43. The molecule has 0 aliphatic heterocycles. The maximum absolute atomic E-state index is 14.8. The molecule has 1 aliphatic carbocycles. The van der Waals surface area contributed by atoms with Crippen molar-refractivity contribution in [3.8, 4) is 22.1 Å². The van der Waals surface area contributed by atoms with Gasteiger partial charge in [0, 0.05) is 36.7 Å². The van der Waals surface area contributed by atoms with E-state index in [4.69, 9.17) is 18.9 Å². The largest absolute Gasteiger partial charge is 0.453 e. The van der Waals surface area contributed by atoms with Gasteiger partial charge in [0.2, 0.25) is 0 Å². The zero-order valence-corrected chi connectivity index (χ0v) is 22.9. The minimum absolute atomic E-state index is 0.0428. The number of carbonyl (C=O) groups is 1. The molecule has 1 aromatic carbocycles. The molecular formula is C27H31FN6O5S. The Labute approximate surface area is 234 Å². The lowest BCUT2D eigenvalue weighted by Crippen LogP contribution is -2.30. The molecule has 0 atom stereocenters. The molecule has 13 heteroatoms. The van der Waals surface area contributed by atoms with Crippen LogP contribution >= 0.6 is 11.3 Å². The number of aromatic nitrogens is 4. The Kier molecular flexibility index (Phi) is 9.50. The topological polar surface area (TPSA) is 122 Å². The number of hydrogen-bond acceptors (Lipinski definition) is 9. The SMILES string of the molecule is CCOCCOCCOCCn1cc(-c2cc3nccc(Oc4ccc(NC(=O)NC5CC5)cc4F)c3s2)nn1. The second-order valence-corrected chi connectivity index (χ2v) is 10.1. The van der Waals surface area contributed by atoms with E-state index in [9.17, 15) is 9.18 Å². The first-order valence-electron chi connectivity index (χ1n) is 13.2. The van der Waals surface area contributed by atoms with Crippen molar-refractivity contribution in [2.75, 3.05) is 45.0 Å². The molecule has 0 spiro atoms. The van der Waals surface area contributed by atoms with Crippen LogP contribution in [0, 0.1) is 5.82 Å². The second-order valence-electron chi connectivity index (χ2n) is 9.04. The fraction of sp³-hybridized carbons (Fsp3) is 0.407. The summed E-state index contributed by atoms with van der Waals surface area (Å²) in [5.74, 6) is -0.0777. The number of amides is 2. The minimum atomic E-state index is -0.590. The van der Waals surface area contributed by atoms with Gasteiger partial charge in [-0.15, -0.1) is 16.4 Å². The molecule has 4 aromatic rings. The zero-order chi connectivity index (χ0) is 27.7. The Hall–Kier alpha value is -3.65. The van der Waals surface area contributed by atoms with E-state index in [2.05, 4.69) is 25.9 Å². The number of urea groups is 1. The molecule has 1 saturated carbocycles. The van der Waals surface area contributed by atoms with Gasteiger partial charge in [-0.05, 0) is 38.0 Å². The van der Waals surface area contributed by atoms with E-state index in [1.807, 2.05) is 19.2 Å². The summed E-state index contributed by atoms with van der Waals surface area (Å²) in [7, 11) is 0. The summed E-state index contributed by atoms with van der Waals surface area (Å²) >= 11 is 1.43. The maximum atomic E-state index is 14.8. The van der Waals surface area contributed by atoms with Crippen LogP contribution in [0.25, 0.3) is 20.8 Å². The molecule has 3 heterocycles. The van der Waals surface area contributed by atoms with Crippen molar-refractivity contribution in [2.24, 2.45) is 0 Å². The van der Waals surface area contributed by atoms with Gasteiger partial charge in [0.05, 0.1) is 60.9 Å². The van der Waals surface area contributed by atoms with Crippen LogP contribution in [-0.4, -0.2) is 71.7 Å². The highest BCUT2D eigenvalue weighted by Crippen LogP contribution is 2.39. The van der Waals surface area contributed by atoms with Crippen LogP contribution in [0.2, 0.25) is 0 Å². The highest BCUT2D eigenvalue weighted by Gasteiger charge is 2.23. The Morgan fingerprint density at radius 1 is 1.07 bits per heavy atom. The third kappa shape index (κ3) is 7.72. The number of anilines is 1. The standard InChI is InChI=1S/C27H31FN6O5S/c1-2-36-11-12-38-14-13-37-10-9-34-17-22(32-33-34)25-16-21-26(40-25)24(7-8-29-21)39-23-6-5-19(15-20(23)28)31-27(35)30-18-3-4-18/h5-8,15-18H,2-4,9-14H2,1H3,(H2,30,31,35). The van der Waals surface area contributed by atoms with Gasteiger partial charge >= 0.3 is 6.03 Å². The van der Waals surface area contributed by atoms with E-state index in [1.54, 1.807) is 23.0 Å². The normalized spacial score (nSPS) is 13.1. The molecule has 40 heavy (non-hydrogen) atoms. The van der Waals surface area contributed by atoms with Crippen molar-refractivity contribution in [1.82, 2.24) is 25.3 Å². The smallest absolute Gasteiger partial charge is 0.319 e. The number of thiophene rings is 1. The van der Waals surface area contributed by atoms with Crippen molar-refractivity contribution < 1.29 is 28.1 Å². The summed E-state index contributed by atoms with van der Waals surface area (Å²) in [6, 6.07) is 7.77. The van der Waals surface area contributed by atoms with Crippen LogP contribution in [0.5, 0.6) is 11.5 Å². The fourth-order valence-corrected chi connectivity index (χ4v) is 4.76. The summed E-state index contributed by atoms with van der Waals surface area (Å²) in [4.78, 5) is 17.2. The van der Waals surface area contributed by atoms with E-state index in [0.717, 1.165) is 22.4 Å². The molecule has 2 N–H and O–H groups in total. The third-order valence-corrected chi connectivity index (χ3v) is 7.06. The van der Waals surface area contributed by atoms with Gasteiger partial charge in [0.25, 0.3) is 0 Å². The monoisotopic (exact) mass is 570 g/mol. The molecule has 2 amide bonds. The lowest BCUT2D eigenvalue weighted by molar-refractivity contribution is 0.0150. The van der Waals surface area contributed by atoms with Crippen LogP contribution < -0.4 is 15.4 Å². The average molecular weight is 571 g/mol. The van der Waals surface area contributed by atoms with E-state index in [1.165, 1.54) is 23.5 Å². The molecule has 212 valence electrons. The molecule has 0 saturated heterocycles. The molecule has 3 aromatic heterocycles. The van der Waals surface area contributed by atoms with Crippen molar-refractivity contribution in [1.29, 1.82) is 0 Å². The highest BCUT2D eigenvalue weighted by atomic mass is 32.1. The number of hydrogen-bond donors (Lipinski definition) is 2. The van der Waals surface area contributed by atoms with Gasteiger partial charge < -0.3 is 29.6 Å². The first-order valence-corrected chi connectivity index (χ1v) is 14.0. The van der Waals surface area contributed by atoms with Gasteiger partial charge in [-0.3, -0.25) is 4.98 Å². The first-order chi connectivity index (χ1) is 19.6. The molecule has 1 fully saturated rings. The molecule has 0 radical (unpaired) electrons. The second kappa shape index (κ2) is 13.6. The van der Waals surface area contributed by atoms with Crippen molar-refractivity contribution in [2.45, 2.75) is 32.4 Å². The molecule has 0 bridgehead atoms. The summed E-state index contributed by atoms with van der Waals surface area (Å²) in [6.07, 6.45) is 5.40. The molecule has 11 nitrogen and oxygen atoms in total. The number of nitrogens with one attached hydrogen (secondary N) is 2. The predicted molar refractivity (Wildman–Crippen MR) is 148 cm³/mol. The number of benzene rings is 1. The lowest BCUT2D eigenvalue weighted by atomic mass is 10.3. The van der Waals surface area contributed by atoms with Crippen molar-refractivity contribution in [3.05, 3.63) is 48.5 Å². The van der Waals surface area contributed by atoms with Crippen LogP contribution in [0.15, 0.2) is 42.7 Å². The maximum Gasteiger partial charge on any atom is 0.319 e. The van der Waals surface area contributed by atoms with E-state index >= 15 is 0 Å². The third-order valence-electron chi connectivity index (χ3n) is 5.90. The van der Waals surface area contributed by atoms with Gasteiger partial charge in [-0.25, -0.2) is 13.9 Å². The first kappa shape index (κ1) is 27.9. The highest BCUT2D eigenvalue weighted by molar-refractivity contribution is 7.22. The number of nitrogens with zero attached hydrogens (tertiary/aromatic N) is 4. The summed E-state index contributed by atoms with van der Waals surface area (Å²) in [5.41, 5.74) is 1.75. The zero-order valence-electron chi connectivity index (χ0n) is 22.1. The van der Waals surface area contributed by atoms with Crippen LogP contribution in [-0.2, 0) is 20.8 Å². The summed E-state index contributed by atoms with van der Waals surface area (Å²) in [5, 5.41) is 13.9. The number of rotatable bonds is 15. The Morgan fingerprint density at radius 3 is 2.65 bits per heavy atom. The molecule has 0 unspecified atom stereocenters. The van der Waals surface area contributed by atoms with E-state index in [0.29, 0.717) is 68.8 Å². The Balaban J connectivity index is 1.16. The van der Waals surface area contributed by atoms with Crippen LogP contribution in [0.4, 0.5) is 14.9 Å². The van der Waals surface area contributed by atoms with Crippen LogP contribution in [0.1, 0.15) is 19.8 Å². The van der Waals surface area contributed by atoms with Gasteiger partial charge in [-0.1, -0.05) is 5.21 Å². The molecular weight excluding hydrogens is 539 g/mol. The molecule has 5 rings (SSSR count). The minimum Gasteiger partial charge on any atom is -0.453 e. The van der Waals surface area contributed by atoms with Gasteiger partial charge in [-0.2, -0.15) is 0 Å². The molecule has 1 aliphatic rings. The predicted octanol–water partition coefficient (Wildman–Crippen LogP) is 4.84. The lowest BCUT2D eigenvalue weighted by Gasteiger charge is -2.10. The van der Waals surface area contributed by atoms with E-state index < -0.39 is 5.82 Å². The van der Waals surface area contributed by atoms with E-state index in [-0.39, 0.29) is 17.8 Å². The Morgan fingerprint density at radius 2 is 1.88 bits per heavy atom. The number of halogens is 1. The van der Waals surface area contributed by atoms with Crippen LogP contribution in [0.3, 0.4) is 0 Å². The summed E-state index contributed by atoms with van der Waals surface area (Å²) in [6.45, 7) is 5.81. The number of ether oxygens (including phenoxy) is 4. The Bertz CT molecular complexity index is 1430. The number of pyridine rings is 1. The van der Waals surface area contributed by atoms with Crippen molar-refractivity contribution in [3.63, 3.8) is 0 Å². The fourth-order valence-electron chi connectivity index (χ4n) is 3.74. The summed E-state index contributed by atoms with van der Waals surface area (Å²) < 4.78 is 39.4. The van der Waals surface area contributed by atoms with Crippen molar-refractivity contribution >= 4 is 33.3 Å². The number of fused-ring (bicyclic) bond motifs is 1.